The smallest absolute Gasteiger partial charge is 0.0120 e. The SMILES string of the molecule is Cl.NC1[C@H]2CC3C[C@H]1CN(C3)C2. The second-order valence-electron chi connectivity index (χ2n) is 4.65. The zero-order chi connectivity index (χ0) is 7.42. The molecular weight excluding hydrogens is 172 g/mol. The van der Waals surface area contributed by atoms with Gasteiger partial charge in [0.2, 0.25) is 0 Å². The van der Waals surface area contributed by atoms with E-state index in [1.54, 1.807) is 0 Å². The molecule has 70 valence electrons. The topological polar surface area (TPSA) is 29.3 Å². The van der Waals surface area contributed by atoms with Crippen molar-refractivity contribution in [3.8, 4) is 0 Å². The van der Waals surface area contributed by atoms with E-state index in [4.69, 9.17) is 5.73 Å². The van der Waals surface area contributed by atoms with Crippen molar-refractivity contribution in [1.82, 2.24) is 4.90 Å². The van der Waals surface area contributed by atoms with E-state index in [0.29, 0.717) is 6.04 Å². The van der Waals surface area contributed by atoms with Crippen LogP contribution in [0.3, 0.4) is 0 Å². The van der Waals surface area contributed by atoms with Gasteiger partial charge in [0.15, 0.2) is 0 Å². The van der Waals surface area contributed by atoms with Gasteiger partial charge in [0.1, 0.15) is 0 Å². The largest absolute Gasteiger partial charge is 0.327 e. The zero-order valence-electron chi connectivity index (χ0n) is 7.28. The van der Waals surface area contributed by atoms with Crippen LogP contribution in [-0.2, 0) is 0 Å². The molecule has 4 aliphatic rings. The number of nitrogens with two attached hydrogens (primary N) is 1. The molecule has 4 fully saturated rings. The molecule has 4 bridgehead atoms. The van der Waals surface area contributed by atoms with Crippen LogP contribution >= 0.6 is 12.4 Å². The highest BCUT2D eigenvalue weighted by molar-refractivity contribution is 5.85. The summed E-state index contributed by atoms with van der Waals surface area (Å²) in [4.78, 5) is 2.62. The van der Waals surface area contributed by atoms with E-state index in [-0.39, 0.29) is 12.4 Å². The van der Waals surface area contributed by atoms with Gasteiger partial charge < -0.3 is 10.6 Å². The average molecular weight is 189 g/mol. The number of halogens is 1. The fraction of sp³-hybridized carbons (Fsp3) is 1.00. The van der Waals surface area contributed by atoms with Gasteiger partial charge in [-0.05, 0) is 30.6 Å². The molecule has 0 aromatic heterocycles. The van der Waals surface area contributed by atoms with Crippen LogP contribution in [0.1, 0.15) is 12.8 Å². The Hall–Kier alpha value is 0.210. The van der Waals surface area contributed by atoms with Crippen LogP contribution in [0.25, 0.3) is 0 Å². The lowest BCUT2D eigenvalue weighted by atomic mass is 9.65. The molecule has 0 unspecified atom stereocenters. The maximum absolute atomic E-state index is 6.14. The minimum atomic E-state index is 0. The Morgan fingerprint density at radius 2 is 1.58 bits per heavy atom. The zero-order valence-corrected chi connectivity index (χ0v) is 8.09. The van der Waals surface area contributed by atoms with Gasteiger partial charge >= 0.3 is 0 Å². The van der Waals surface area contributed by atoms with Crippen LogP contribution in [-0.4, -0.2) is 30.6 Å². The summed E-state index contributed by atoms with van der Waals surface area (Å²) in [5.41, 5.74) is 6.14. The molecule has 0 aromatic rings. The number of nitrogens with zero attached hydrogens (tertiary/aromatic N) is 1. The molecule has 0 aromatic carbocycles. The van der Waals surface area contributed by atoms with E-state index in [2.05, 4.69) is 4.90 Å². The minimum absolute atomic E-state index is 0. The van der Waals surface area contributed by atoms with Crippen molar-refractivity contribution in [2.45, 2.75) is 18.9 Å². The van der Waals surface area contributed by atoms with Crippen molar-refractivity contribution in [2.24, 2.45) is 23.5 Å². The molecule has 4 rings (SSSR count). The van der Waals surface area contributed by atoms with Crippen molar-refractivity contribution < 1.29 is 0 Å². The maximum Gasteiger partial charge on any atom is 0.0120 e. The van der Waals surface area contributed by atoms with Crippen molar-refractivity contribution >= 4 is 12.4 Å². The molecule has 0 radical (unpaired) electrons. The molecule has 3 heterocycles. The van der Waals surface area contributed by atoms with Crippen LogP contribution in [0, 0.1) is 17.8 Å². The molecule has 12 heavy (non-hydrogen) atoms. The Labute approximate surface area is 79.9 Å². The van der Waals surface area contributed by atoms with Crippen LogP contribution in [0.5, 0.6) is 0 Å². The van der Waals surface area contributed by atoms with Crippen LogP contribution in [0.4, 0.5) is 0 Å². The molecule has 2 atom stereocenters. The number of piperidine rings is 3. The molecule has 2 nitrogen and oxygen atoms in total. The quantitative estimate of drug-likeness (QED) is 0.607. The van der Waals surface area contributed by atoms with E-state index in [1.165, 1.54) is 32.5 Å². The number of hydrogen-bond acceptors (Lipinski definition) is 2. The highest BCUT2D eigenvalue weighted by atomic mass is 35.5. The number of rotatable bonds is 0. The van der Waals surface area contributed by atoms with E-state index in [0.717, 1.165) is 17.8 Å². The Bertz CT molecular complexity index is 155. The first-order chi connectivity index (χ1) is 5.33. The van der Waals surface area contributed by atoms with Crippen LogP contribution in [0.2, 0.25) is 0 Å². The summed E-state index contributed by atoms with van der Waals surface area (Å²) in [7, 11) is 0. The standard InChI is InChI=1S/C9H16N2.ClH/c10-9-7-1-6-2-8(9)5-11(3-6)4-7;/h6-9H,1-5,10H2;1H/t6?,7-,8-,9?;/m0./s1. The lowest BCUT2D eigenvalue weighted by Crippen LogP contribution is -2.62. The summed E-state index contributed by atoms with van der Waals surface area (Å²) in [5.74, 6) is 2.70. The van der Waals surface area contributed by atoms with E-state index in [9.17, 15) is 0 Å². The van der Waals surface area contributed by atoms with E-state index < -0.39 is 0 Å². The monoisotopic (exact) mass is 188 g/mol. The Balaban J connectivity index is 0.000000563. The molecular formula is C9H17ClN2. The molecule has 1 saturated carbocycles. The fourth-order valence-electron chi connectivity index (χ4n) is 3.45. The number of hydrogen-bond donors (Lipinski definition) is 1. The first-order valence-electron chi connectivity index (χ1n) is 4.81. The second kappa shape index (κ2) is 2.86. The predicted molar refractivity (Wildman–Crippen MR) is 51.4 cm³/mol. The second-order valence-corrected chi connectivity index (χ2v) is 4.65. The third kappa shape index (κ3) is 1.09. The van der Waals surface area contributed by atoms with Gasteiger partial charge in [-0.3, -0.25) is 0 Å². The van der Waals surface area contributed by atoms with Gasteiger partial charge in [0.05, 0.1) is 0 Å². The first kappa shape index (κ1) is 8.79. The Morgan fingerprint density at radius 1 is 1.00 bits per heavy atom. The van der Waals surface area contributed by atoms with Gasteiger partial charge in [-0.15, -0.1) is 12.4 Å². The normalized spacial score (nSPS) is 55.2. The van der Waals surface area contributed by atoms with Gasteiger partial charge in [-0.25, -0.2) is 0 Å². The third-order valence-electron chi connectivity index (χ3n) is 3.86. The van der Waals surface area contributed by atoms with Gasteiger partial charge in [0, 0.05) is 25.7 Å². The minimum Gasteiger partial charge on any atom is -0.327 e. The Morgan fingerprint density at radius 3 is 2.08 bits per heavy atom. The summed E-state index contributed by atoms with van der Waals surface area (Å²) in [6.45, 7) is 3.97. The van der Waals surface area contributed by atoms with E-state index >= 15 is 0 Å². The molecule has 0 amide bonds. The van der Waals surface area contributed by atoms with Crippen molar-refractivity contribution in [1.29, 1.82) is 0 Å². The third-order valence-corrected chi connectivity index (χ3v) is 3.86. The summed E-state index contributed by atoms with van der Waals surface area (Å²) < 4.78 is 0. The van der Waals surface area contributed by atoms with Crippen molar-refractivity contribution in [2.75, 3.05) is 19.6 Å². The van der Waals surface area contributed by atoms with E-state index in [1.807, 2.05) is 0 Å². The summed E-state index contributed by atoms with van der Waals surface area (Å²) in [6.07, 6.45) is 2.85. The van der Waals surface area contributed by atoms with Crippen LogP contribution < -0.4 is 5.73 Å². The average Bonchev–Trinajstić information content (AvgIpc) is 1.98. The lowest BCUT2D eigenvalue weighted by Gasteiger charge is -2.54. The molecule has 3 heteroatoms. The summed E-state index contributed by atoms with van der Waals surface area (Å²) in [6, 6.07) is 0.544. The summed E-state index contributed by atoms with van der Waals surface area (Å²) >= 11 is 0. The first-order valence-corrected chi connectivity index (χ1v) is 4.81. The lowest BCUT2D eigenvalue weighted by molar-refractivity contribution is -0.0328. The Kier molecular flexibility index (Phi) is 2.10. The molecule has 3 saturated heterocycles. The highest BCUT2D eigenvalue weighted by Gasteiger charge is 2.45. The summed E-state index contributed by atoms with van der Waals surface area (Å²) in [5, 5.41) is 0. The molecule has 2 N–H and O–H groups in total. The molecule has 1 aliphatic carbocycles. The molecule has 3 aliphatic heterocycles. The maximum atomic E-state index is 6.14. The predicted octanol–water partition coefficient (Wildman–Crippen LogP) is 0.707. The van der Waals surface area contributed by atoms with Gasteiger partial charge in [0.25, 0.3) is 0 Å². The highest BCUT2D eigenvalue weighted by Crippen LogP contribution is 2.42. The van der Waals surface area contributed by atoms with Gasteiger partial charge in [-0.1, -0.05) is 0 Å². The van der Waals surface area contributed by atoms with Crippen molar-refractivity contribution in [3.05, 3.63) is 0 Å². The van der Waals surface area contributed by atoms with Crippen molar-refractivity contribution in [3.63, 3.8) is 0 Å². The molecule has 0 spiro atoms. The van der Waals surface area contributed by atoms with Gasteiger partial charge in [-0.2, -0.15) is 0 Å². The fourth-order valence-corrected chi connectivity index (χ4v) is 3.45. The van der Waals surface area contributed by atoms with Crippen LogP contribution in [0.15, 0.2) is 0 Å².